The van der Waals surface area contributed by atoms with Crippen LogP contribution in [0.1, 0.15) is 58.8 Å². The minimum absolute atomic E-state index is 0.599. The summed E-state index contributed by atoms with van der Waals surface area (Å²) in [4.78, 5) is 10.9. The number of hydrogen-bond donors (Lipinski definition) is 2. The highest BCUT2D eigenvalue weighted by molar-refractivity contribution is 5.73. The van der Waals surface area contributed by atoms with E-state index < -0.39 is 11.4 Å². The molecule has 0 aromatic heterocycles. The van der Waals surface area contributed by atoms with Gasteiger partial charge in [0.15, 0.2) is 0 Å². The van der Waals surface area contributed by atoms with Crippen LogP contribution in [0.2, 0.25) is 0 Å². The average molecular weight is 241 g/mol. The van der Waals surface area contributed by atoms with E-state index in [0.717, 1.165) is 19.0 Å². The summed E-state index contributed by atoms with van der Waals surface area (Å²) in [5.41, 5.74) is -0.599. The average Bonchev–Trinajstić information content (AvgIpc) is 2.29. The van der Waals surface area contributed by atoms with Crippen LogP contribution in [-0.2, 0) is 4.79 Å². The van der Waals surface area contributed by atoms with Crippen molar-refractivity contribution >= 4 is 5.97 Å². The molecular weight excluding hydrogens is 214 g/mol. The largest absolute Gasteiger partial charge is 0.481 e. The van der Waals surface area contributed by atoms with Crippen LogP contribution in [-0.4, -0.2) is 24.2 Å². The molecule has 0 heterocycles. The van der Waals surface area contributed by atoms with Crippen LogP contribution in [0.3, 0.4) is 0 Å². The van der Waals surface area contributed by atoms with Crippen molar-refractivity contribution in [2.24, 2.45) is 11.3 Å². The van der Waals surface area contributed by atoms with Gasteiger partial charge < -0.3 is 10.4 Å². The van der Waals surface area contributed by atoms with Crippen molar-refractivity contribution in [2.75, 3.05) is 13.1 Å². The van der Waals surface area contributed by atoms with E-state index in [-0.39, 0.29) is 0 Å². The molecule has 17 heavy (non-hydrogen) atoms. The second-order valence-electron chi connectivity index (χ2n) is 5.98. The van der Waals surface area contributed by atoms with Gasteiger partial charge in [0.05, 0.1) is 5.41 Å². The first-order valence-electron chi connectivity index (χ1n) is 6.96. The highest BCUT2D eigenvalue weighted by atomic mass is 16.4. The summed E-state index contributed by atoms with van der Waals surface area (Å²) in [7, 11) is 0. The molecule has 1 saturated carbocycles. The molecule has 1 rings (SSSR count). The van der Waals surface area contributed by atoms with Crippen LogP contribution in [0.5, 0.6) is 0 Å². The monoisotopic (exact) mass is 241 g/mol. The van der Waals surface area contributed by atoms with Crippen molar-refractivity contribution in [3.63, 3.8) is 0 Å². The van der Waals surface area contributed by atoms with Gasteiger partial charge in [-0.1, -0.05) is 32.1 Å². The number of nitrogens with one attached hydrogen (secondary N) is 1. The van der Waals surface area contributed by atoms with Gasteiger partial charge in [0, 0.05) is 0 Å². The van der Waals surface area contributed by atoms with E-state index in [4.69, 9.17) is 5.11 Å². The fourth-order valence-corrected chi connectivity index (χ4v) is 2.41. The molecule has 0 radical (unpaired) electrons. The van der Waals surface area contributed by atoms with Crippen molar-refractivity contribution in [3.8, 4) is 0 Å². The molecule has 0 aliphatic heterocycles. The first-order chi connectivity index (χ1) is 8.02. The lowest BCUT2D eigenvalue weighted by molar-refractivity contribution is -0.147. The fourth-order valence-electron chi connectivity index (χ4n) is 2.41. The van der Waals surface area contributed by atoms with E-state index >= 15 is 0 Å². The Hall–Kier alpha value is -0.570. The molecule has 100 valence electrons. The first kappa shape index (κ1) is 14.5. The van der Waals surface area contributed by atoms with Crippen LogP contribution in [0.4, 0.5) is 0 Å². The van der Waals surface area contributed by atoms with Crippen LogP contribution in [0, 0.1) is 11.3 Å². The van der Waals surface area contributed by atoms with Crippen LogP contribution >= 0.6 is 0 Å². The SMILES string of the molecule is CC(C)(CCNCCC1CCCCC1)C(=O)O. The molecule has 1 aliphatic carbocycles. The first-order valence-corrected chi connectivity index (χ1v) is 6.96. The normalized spacial score (nSPS) is 18.2. The lowest BCUT2D eigenvalue weighted by Crippen LogP contribution is -2.30. The molecule has 1 aliphatic rings. The van der Waals surface area contributed by atoms with Crippen LogP contribution in [0.15, 0.2) is 0 Å². The number of hydrogen-bond acceptors (Lipinski definition) is 2. The van der Waals surface area contributed by atoms with E-state index in [1.54, 1.807) is 13.8 Å². The molecule has 0 spiro atoms. The van der Waals surface area contributed by atoms with E-state index in [1.165, 1.54) is 38.5 Å². The van der Waals surface area contributed by atoms with Crippen molar-refractivity contribution in [1.29, 1.82) is 0 Å². The van der Waals surface area contributed by atoms with E-state index in [2.05, 4.69) is 5.32 Å². The maximum Gasteiger partial charge on any atom is 0.309 e. The minimum Gasteiger partial charge on any atom is -0.481 e. The lowest BCUT2D eigenvalue weighted by Gasteiger charge is -2.22. The fraction of sp³-hybridized carbons (Fsp3) is 0.929. The van der Waals surface area contributed by atoms with Crippen molar-refractivity contribution in [3.05, 3.63) is 0 Å². The van der Waals surface area contributed by atoms with Crippen molar-refractivity contribution in [2.45, 2.75) is 58.8 Å². The number of carbonyl (C=O) groups is 1. The topological polar surface area (TPSA) is 49.3 Å². The van der Waals surface area contributed by atoms with Crippen LogP contribution in [0.25, 0.3) is 0 Å². The highest BCUT2D eigenvalue weighted by Crippen LogP contribution is 2.25. The van der Waals surface area contributed by atoms with Gasteiger partial charge in [-0.2, -0.15) is 0 Å². The van der Waals surface area contributed by atoms with Gasteiger partial charge in [-0.25, -0.2) is 0 Å². The molecule has 0 bridgehead atoms. The van der Waals surface area contributed by atoms with Crippen LogP contribution < -0.4 is 5.32 Å². The Morgan fingerprint density at radius 2 is 1.88 bits per heavy atom. The zero-order valence-corrected chi connectivity index (χ0v) is 11.3. The Morgan fingerprint density at radius 1 is 1.24 bits per heavy atom. The summed E-state index contributed by atoms with van der Waals surface area (Å²) in [5, 5.41) is 12.4. The molecule has 3 nitrogen and oxygen atoms in total. The second-order valence-corrected chi connectivity index (χ2v) is 5.98. The maximum atomic E-state index is 10.9. The van der Waals surface area contributed by atoms with E-state index in [0.29, 0.717) is 6.42 Å². The third kappa shape index (κ3) is 5.53. The van der Waals surface area contributed by atoms with Gasteiger partial charge in [-0.05, 0) is 45.7 Å². The highest BCUT2D eigenvalue weighted by Gasteiger charge is 2.26. The molecule has 2 N–H and O–H groups in total. The molecule has 3 heteroatoms. The summed E-state index contributed by atoms with van der Waals surface area (Å²) in [6.45, 7) is 5.43. The third-order valence-electron chi connectivity index (χ3n) is 3.96. The summed E-state index contributed by atoms with van der Waals surface area (Å²) in [6, 6.07) is 0. The van der Waals surface area contributed by atoms with Gasteiger partial charge in [-0.3, -0.25) is 4.79 Å². The Balaban J connectivity index is 2.02. The Labute approximate surface area is 105 Å². The van der Waals surface area contributed by atoms with Gasteiger partial charge in [0.2, 0.25) is 0 Å². The molecule has 0 unspecified atom stereocenters. The maximum absolute atomic E-state index is 10.9. The number of rotatable bonds is 7. The molecule has 0 aromatic rings. The van der Waals surface area contributed by atoms with Gasteiger partial charge in [-0.15, -0.1) is 0 Å². The standard InChI is InChI=1S/C14H27NO2/c1-14(2,13(16)17)9-11-15-10-8-12-6-4-3-5-7-12/h12,15H,3-11H2,1-2H3,(H,16,17). The molecule has 0 saturated heterocycles. The van der Waals surface area contributed by atoms with Crippen molar-refractivity contribution in [1.82, 2.24) is 5.32 Å². The predicted octanol–water partition coefficient (Wildman–Crippen LogP) is 3.05. The zero-order chi connectivity index (χ0) is 12.7. The smallest absolute Gasteiger partial charge is 0.309 e. The van der Waals surface area contributed by atoms with Gasteiger partial charge >= 0.3 is 5.97 Å². The Bertz CT molecular complexity index is 232. The summed E-state index contributed by atoms with van der Waals surface area (Å²) in [6.07, 6.45) is 8.95. The second kappa shape index (κ2) is 7.00. The minimum atomic E-state index is -0.702. The molecule has 0 aromatic carbocycles. The number of aliphatic carboxylic acids is 1. The molecule has 0 amide bonds. The quantitative estimate of drug-likeness (QED) is 0.674. The zero-order valence-electron chi connectivity index (χ0n) is 11.3. The van der Waals surface area contributed by atoms with E-state index in [1.807, 2.05) is 0 Å². The van der Waals surface area contributed by atoms with Gasteiger partial charge in [0.25, 0.3) is 0 Å². The third-order valence-corrected chi connectivity index (χ3v) is 3.96. The summed E-state index contributed by atoms with van der Waals surface area (Å²) >= 11 is 0. The molecular formula is C14H27NO2. The molecule has 1 fully saturated rings. The number of carboxylic acids is 1. The van der Waals surface area contributed by atoms with Crippen molar-refractivity contribution < 1.29 is 9.90 Å². The Kier molecular flexibility index (Phi) is 5.96. The lowest BCUT2D eigenvalue weighted by atomic mass is 9.87. The summed E-state index contributed by atoms with van der Waals surface area (Å²) in [5.74, 6) is 0.204. The summed E-state index contributed by atoms with van der Waals surface area (Å²) < 4.78 is 0. The predicted molar refractivity (Wildman–Crippen MR) is 70.1 cm³/mol. The number of carboxylic acid groups (broad SMARTS) is 1. The Morgan fingerprint density at radius 3 is 2.47 bits per heavy atom. The van der Waals surface area contributed by atoms with Gasteiger partial charge in [0.1, 0.15) is 0 Å². The molecule has 0 atom stereocenters. The van der Waals surface area contributed by atoms with E-state index in [9.17, 15) is 4.79 Å².